The van der Waals surface area contributed by atoms with Crippen LogP contribution in [0.3, 0.4) is 0 Å². The maximum Gasteiger partial charge on any atom is 0.455 e. The first-order valence-electron chi connectivity index (χ1n) is 6.54. The molecule has 2 aromatic heterocycles. The van der Waals surface area contributed by atoms with Crippen molar-refractivity contribution in [2.45, 2.75) is 16.5 Å². The van der Waals surface area contributed by atoms with Crippen LogP contribution in [-0.4, -0.2) is 34.7 Å². The largest absolute Gasteiger partial charge is 0.455 e. The van der Waals surface area contributed by atoms with Gasteiger partial charge in [0.2, 0.25) is 3.79 Å². The molecule has 0 aliphatic rings. The topological polar surface area (TPSA) is 94.9 Å². The number of nitrogens with two attached hydrogens (primary N) is 1. The van der Waals surface area contributed by atoms with E-state index in [4.69, 9.17) is 52.1 Å². The van der Waals surface area contributed by atoms with Gasteiger partial charge in [-0.1, -0.05) is 46.4 Å². The fourth-order valence-electron chi connectivity index (χ4n) is 1.56. The normalized spacial score (nSPS) is 14.0. The van der Waals surface area contributed by atoms with Gasteiger partial charge in [-0.3, -0.25) is 0 Å². The lowest BCUT2D eigenvalue weighted by molar-refractivity contribution is -0.145. The first-order chi connectivity index (χ1) is 12.0. The van der Waals surface area contributed by atoms with E-state index >= 15 is 0 Å². The van der Waals surface area contributed by atoms with E-state index in [-0.39, 0.29) is 28.8 Å². The molecule has 0 atom stereocenters. The van der Waals surface area contributed by atoms with E-state index in [9.17, 15) is 13.2 Å². The minimum atomic E-state index is -4.73. The van der Waals surface area contributed by atoms with Crippen molar-refractivity contribution in [1.82, 2.24) is 25.2 Å². The van der Waals surface area contributed by atoms with Gasteiger partial charge in [0.05, 0.1) is 10.7 Å². The number of rotatable bonds is 4. The molecule has 140 valence electrons. The van der Waals surface area contributed by atoms with Crippen LogP contribution in [0.15, 0.2) is 35.1 Å². The molecule has 14 heteroatoms. The van der Waals surface area contributed by atoms with Gasteiger partial charge >= 0.3 is 6.18 Å². The Morgan fingerprint density at radius 1 is 1.31 bits per heavy atom. The van der Waals surface area contributed by atoms with E-state index in [1.165, 1.54) is 12.3 Å². The third-order valence-electron chi connectivity index (χ3n) is 2.61. The summed E-state index contributed by atoms with van der Waals surface area (Å²) in [6, 6.07) is 3.10. The molecule has 2 rings (SSSR count). The number of pyridine rings is 1. The van der Waals surface area contributed by atoms with Gasteiger partial charge in [0.15, 0.2) is 5.82 Å². The zero-order valence-electron chi connectivity index (χ0n) is 12.4. The lowest BCUT2D eigenvalue weighted by Crippen LogP contribution is -2.20. The average molecular weight is 449 g/mol. The van der Waals surface area contributed by atoms with Crippen molar-refractivity contribution in [3.8, 4) is 0 Å². The molecule has 0 fully saturated rings. The lowest BCUT2D eigenvalue weighted by Gasteiger charge is -2.12. The highest BCUT2D eigenvalue weighted by atomic mass is 35.6. The molecular formula is C12H8Cl4F3N7. The zero-order chi connectivity index (χ0) is 19.5. The second kappa shape index (κ2) is 7.95. The van der Waals surface area contributed by atoms with Crippen LogP contribution in [0.4, 0.5) is 19.0 Å². The van der Waals surface area contributed by atoms with E-state index in [1.807, 2.05) is 0 Å². The van der Waals surface area contributed by atoms with E-state index < -0.39 is 15.8 Å². The number of halogens is 7. The predicted molar refractivity (Wildman–Crippen MR) is 91.7 cm³/mol. The molecule has 0 saturated heterocycles. The number of aliphatic imine (C=N–C) groups is 1. The van der Waals surface area contributed by atoms with Gasteiger partial charge in [0.25, 0.3) is 5.82 Å². The molecule has 2 heterocycles. The van der Waals surface area contributed by atoms with Crippen LogP contribution >= 0.6 is 46.4 Å². The molecule has 0 radical (unpaired) electrons. The number of hydrogen-bond acceptors (Lipinski definition) is 6. The monoisotopic (exact) mass is 447 g/mol. The SMILES string of the molecule is NC(=CC(=Nc1ncccc1Cl)C(Cl)(Cl)Cl)Cn1nnc(C(F)(F)F)n1. The van der Waals surface area contributed by atoms with Crippen molar-refractivity contribution in [2.75, 3.05) is 0 Å². The highest BCUT2D eigenvalue weighted by Gasteiger charge is 2.36. The van der Waals surface area contributed by atoms with Crippen molar-refractivity contribution >= 4 is 57.9 Å². The molecule has 0 amide bonds. The fourth-order valence-corrected chi connectivity index (χ4v) is 2.01. The second-order valence-corrected chi connectivity index (χ2v) is 7.35. The number of alkyl halides is 6. The maximum atomic E-state index is 12.5. The Labute approximate surface area is 164 Å². The van der Waals surface area contributed by atoms with Crippen LogP contribution in [0.1, 0.15) is 5.82 Å². The molecule has 0 aromatic carbocycles. The van der Waals surface area contributed by atoms with Gasteiger partial charge in [-0.15, -0.1) is 10.2 Å². The summed E-state index contributed by atoms with van der Waals surface area (Å²) in [5.74, 6) is -1.33. The molecule has 7 nitrogen and oxygen atoms in total. The van der Waals surface area contributed by atoms with E-state index in [0.717, 1.165) is 6.08 Å². The zero-order valence-corrected chi connectivity index (χ0v) is 15.4. The van der Waals surface area contributed by atoms with Gasteiger partial charge in [-0.25, -0.2) is 9.98 Å². The highest BCUT2D eigenvalue weighted by Crippen LogP contribution is 2.32. The van der Waals surface area contributed by atoms with E-state index in [2.05, 4.69) is 25.4 Å². The smallest absolute Gasteiger partial charge is 0.400 e. The third-order valence-corrected chi connectivity index (χ3v) is 3.48. The van der Waals surface area contributed by atoms with Gasteiger partial charge in [-0.05, 0) is 23.4 Å². The molecule has 2 N–H and O–H groups in total. The van der Waals surface area contributed by atoms with Crippen LogP contribution in [0, 0.1) is 0 Å². The molecule has 0 spiro atoms. The summed E-state index contributed by atoms with van der Waals surface area (Å²) in [4.78, 5) is 8.59. The summed E-state index contributed by atoms with van der Waals surface area (Å²) in [6.07, 6.45) is -2.16. The number of tetrazole rings is 1. The molecule has 0 bridgehead atoms. The Balaban J connectivity index is 2.29. The minimum absolute atomic E-state index is 0.0479. The van der Waals surface area contributed by atoms with E-state index in [0.29, 0.717) is 4.80 Å². The van der Waals surface area contributed by atoms with Crippen LogP contribution in [0.2, 0.25) is 5.02 Å². The van der Waals surface area contributed by atoms with Gasteiger partial charge in [0, 0.05) is 11.9 Å². The molecule has 26 heavy (non-hydrogen) atoms. The van der Waals surface area contributed by atoms with Crippen molar-refractivity contribution in [3.05, 3.63) is 40.9 Å². The fraction of sp³-hybridized carbons (Fsp3) is 0.250. The highest BCUT2D eigenvalue weighted by molar-refractivity contribution is 6.77. The molecular weight excluding hydrogens is 441 g/mol. The number of aromatic nitrogens is 5. The summed E-state index contributed by atoms with van der Waals surface area (Å²) >= 11 is 23.5. The van der Waals surface area contributed by atoms with Gasteiger partial charge in [0.1, 0.15) is 6.54 Å². The minimum Gasteiger partial charge on any atom is -0.400 e. The Hall–Kier alpha value is -1.62. The lowest BCUT2D eigenvalue weighted by atomic mass is 10.3. The summed E-state index contributed by atoms with van der Waals surface area (Å²) in [5.41, 5.74) is 5.55. The quantitative estimate of drug-likeness (QED) is 0.568. The summed E-state index contributed by atoms with van der Waals surface area (Å²) in [7, 11) is 0. The Morgan fingerprint density at radius 3 is 2.54 bits per heavy atom. The van der Waals surface area contributed by atoms with Crippen molar-refractivity contribution in [2.24, 2.45) is 10.7 Å². The summed E-state index contributed by atoms with van der Waals surface area (Å²) in [5, 5.41) is 9.50. The predicted octanol–water partition coefficient (Wildman–Crippen LogP) is 3.73. The summed E-state index contributed by atoms with van der Waals surface area (Å²) in [6.45, 7) is -0.348. The van der Waals surface area contributed by atoms with Gasteiger partial charge in [-0.2, -0.15) is 18.0 Å². The van der Waals surface area contributed by atoms with Crippen molar-refractivity contribution in [1.29, 1.82) is 0 Å². The number of allylic oxidation sites excluding steroid dienone is 2. The first-order valence-corrected chi connectivity index (χ1v) is 8.05. The maximum absolute atomic E-state index is 12.5. The summed E-state index contributed by atoms with van der Waals surface area (Å²) < 4.78 is 35.4. The number of hydrogen-bond donors (Lipinski definition) is 1. The molecule has 0 saturated carbocycles. The standard InChI is InChI=1S/C12H8Cl4F3N7/c13-7-2-1-3-21-9(7)22-8(11(14,15)16)4-6(20)5-26-24-10(23-25-26)12(17,18)19/h1-4H,5,20H2. The Bertz CT molecular complexity index is 842. The van der Waals surface area contributed by atoms with Crippen molar-refractivity contribution < 1.29 is 13.2 Å². The van der Waals surface area contributed by atoms with Crippen LogP contribution < -0.4 is 5.73 Å². The van der Waals surface area contributed by atoms with Crippen molar-refractivity contribution in [3.63, 3.8) is 0 Å². The van der Waals surface area contributed by atoms with Crippen LogP contribution in [-0.2, 0) is 12.7 Å². The van der Waals surface area contributed by atoms with Gasteiger partial charge < -0.3 is 5.73 Å². The third kappa shape index (κ3) is 5.70. The molecule has 0 unspecified atom stereocenters. The molecule has 0 aliphatic heterocycles. The average Bonchev–Trinajstić information content (AvgIpc) is 2.96. The molecule has 0 aliphatic carbocycles. The van der Waals surface area contributed by atoms with Crippen LogP contribution in [0.25, 0.3) is 0 Å². The second-order valence-electron chi connectivity index (χ2n) is 4.66. The first kappa shape index (κ1) is 20.7. The number of nitrogens with zero attached hydrogens (tertiary/aromatic N) is 6. The van der Waals surface area contributed by atoms with E-state index in [1.54, 1.807) is 6.07 Å². The Kier molecular flexibility index (Phi) is 6.33. The molecule has 2 aromatic rings. The Morgan fingerprint density at radius 2 is 2.00 bits per heavy atom. The van der Waals surface area contributed by atoms with Crippen LogP contribution in [0.5, 0.6) is 0 Å².